The number of hydrogen-bond acceptors (Lipinski definition) is 5. The lowest BCUT2D eigenvalue weighted by molar-refractivity contribution is 1.08. The largest absolute Gasteiger partial charge is 0.366 e. The molecule has 0 saturated carbocycles. The first-order valence-corrected chi connectivity index (χ1v) is 9.06. The lowest BCUT2D eigenvalue weighted by Crippen LogP contribution is -2.02. The fraction of sp³-hybridized carbons (Fsp3) is 0.0500. The predicted molar refractivity (Wildman–Crippen MR) is 111 cm³/mol. The Labute approximate surface area is 166 Å². The van der Waals surface area contributed by atoms with Gasteiger partial charge in [0.2, 0.25) is 5.28 Å². The number of halogens is 2. The van der Waals surface area contributed by atoms with Crippen molar-refractivity contribution >= 4 is 51.3 Å². The Balaban J connectivity index is 1.47. The van der Waals surface area contributed by atoms with Gasteiger partial charge in [0.05, 0.1) is 5.52 Å². The van der Waals surface area contributed by atoms with Gasteiger partial charge in [0.1, 0.15) is 5.82 Å². The first-order valence-electron chi connectivity index (χ1n) is 8.30. The van der Waals surface area contributed by atoms with Gasteiger partial charge in [0, 0.05) is 40.7 Å². The van der Waals surface area contributed by atoms with E-state index < -0.39 is 0 Å². The van der Waals surface area contributed by atoms with E-state index in [1.165, 1.54) is 0 Å². The maximum absolute atomic E-state index is 6.05. The Morgan fingerprint density at radius 3 is 2.48 bits per heavy atom. The topological polar surface area (TPSA) is 62.7 Å². The molecule has 0 atom stereocenters. The van der Waals surface area contributed by atoms with Crippen LogP contribution >= 0.6 is 23.2 Å². The number of nitrogens with one attached hydrogen (secondary N) is 2. The molecule has 4 rings (SSSR count). The summed E-state index contributed by atoms with van der Waals surface area (Å²) < 4.78 is 0. The van der Waals surface area contributed by atoms with E-state index in [1.807, 2.05) is 36.4 Å². The molecule has 134 valence electrons. The Kier molecular flexibility index (Phi) is 5.05. The average molecular weight is 396 g/mol. The van der Waals surface area contributed by atoms with Crippen molar-refractivity contribution in [2.45, 2.75) is 6.54 Å². The molecule has 0 amide bonds. The SMILES string of the molecule is Clc1ccc2c(Nc3ccc(CNc4ccnc(Cl)n4)cc3)ccnc2c1. The van der Waals surface area contributed by atoms with Crippen molar-refractivity contribution in [2.75, 3.05) is 10.6 Å². The van der Waals surface area contributed by atoms with Crippen LogP contribution in [0.25, 0.3) is 10.9 Å². The van der Waals surface area contributed by atoms with Crippen molar-refractivity contribution in [3.63, 3.8) is 0 Å². The number of benzene rings is 2. The normalized spacial score (nSPS) is 10.7. The third-order valence-electron chi connectivity index (χ3n) is 4.04. The van der Waals surface area contributed by atoms with Gasteiger partial charge in [0.25, 0.3) is 0 Å². The molecule has 2 aromatic carbocycles. The zero-order chi connectivity index (χ0) is 18.6. The first kappa shape index (κ1) is 17.5. The second kappa shape index (κ2) is 7.78. The number of rotatable bonds is 5. The fourth-order valence-electron chi connectivity index (χ4n) is 2.72. The number of anilines is 3. The highest BCUT2D eigenvalue weighted by molar-refractivity contribution is 6.31. The molecule has 7 heteroatoms. The van der Waals surface area contributed by atoms with Crippen molar-refractivity contribution < 1.29 is 0 Å². The average Bonchev–Trinajstić information content (AvgIpc) is 2.67. The summed E-state index contributed by atoms with van der Waals surface area (Å²) in [7, 11) is 0. The molecule has 5 nitrogen and oxygen atoms in total. The van der Waals surface area contributed by atoms with E-state index >= 15 is 0 Å². The van der Waals surface area contributed by atoms with Crippen LogP contribution in [-0.2, 0) is 6.54 Å². The summed E-state index contributed by atoms with van der Waals surface area (Å²) >= 11 is 11.8. The summed E-state index contributed by atoms with van der Waals surface area (Å²) in [5.41, 5.74) is 3.96. The number of aromatic nitrogens is 3. The van der Waals surface area contributed by atoms with Crippen molar-refractivity contribution in [3.05, 3.63) is 82.9 Å². The monoisotopic (exact) mass is 395 g/mol. The van der Waals surface area contributed by atoms with Gasteiger partial charge in [-0.2, -0.15) is 0 Å². The van der Waals surface area contributed by atoms with Gasteiger partial charge < -0.3 is 10.6 Å². The second-order valence-corrected chi connectivity index (χ2v) is 6.68. The third kappa shape index (κ3) is 4.27. The molecule has 2 aromatic heterocycles. The minimum atomic E-state index is 0.227. The fourth-order valence-corrected chi connectivity index (χ4v) is 3.03. The van der Waals surface area contributed by atoms with Gasteiger partial charge in [-0.25, -0.2) is 9.97 Å². The van der Waals surface area contributed by atoms with Gasteiger partial charge in [-0.05, 0) is 59.6 Å². The summed E-state index contributed by atoms with van der Waals surface area (Å²) in [5, 5.41) is 8.58. The highest BCUT2D eigenvalue weighted by atomic mass is 35.5. The number of nitrogens with zero attached hydrogens (tertiary/aromatic N) is 3. The predicted octanol–water partition coefficient (Wildman–Crippen LogP) is 5.69. The molecule has 4 aromatic rings. The lowest BCUT2D eigenvalue weighted by Gasteiger charge is -2.11. The summed E-state index contributed by atoms with van der Waals surface area (Å²) in [6, 6.07) is 17.6. The molecular weight excluding hydrogens is 381 g/mol. The molecule has 0 fully saturated rings. The van der Waals surface area contributed by atoms with Gasteiger partial charge in [-0.3, -0.25) is 4.98 Å². The van der Waals surface area contributed by atoms with E-state index in [4.69, 9.17) is 23.2 Å². The summed E-state index contributed by atoms with van der Waals surface area (Å²) in [6.45, 7) is 0.643. The molecule has 0 radical (unpaired) electrons. The van der Waals surface area contributed by atoms with Crippen LogP contribution in [0.2, 0.25) is 10.3 Å². The van der Waals surface area contributed by atoms with Crippen LogP contribution < -0.4 is 10.6 Å². The van der Waals surface area contributed by atoms with Crippen molar-refractivity contribution in [1.29, 1.82) is 0 Å². The van der Waals surface area contributed by atoms with E-state index in [2.05, 4.69) is 37.7 Å². The number of hydrogen-bond donors (Lipinski definition) is 2. The minimum Gasteiger partial charge on any atom is -0.366 e. The zero-order valence-corrected chi connectivity index (χ0v) is 15.7. The van der Waals surface area contributed by atoms with Crippen LogP contribution in [0.3, 0.4) is 0 Å². The summed E-state index contributed by atoms with van der Waals surface area (Å²) in [4.78, 5) is 12.3. The Hall–Kier alpha value is -2.89. The smallest absolute Gasteiger partial charge is 0.224 e. The van der Waals surface area contributed by atoms with E-state index in [-0.39, 0.29) is 5.28 Å². The van der Waals surface area contributed by atoms with E-state index in [0.29, 0.717) is 17.4 Å². The standard InChI is InChI=1S/C20H15Cl2N5/c21-14-3-6-16-17(7-9-23-18(16)11-14)26-15-4-1-13(2-5-15)12-25-19-8-10-24-20(22)27-19/h1-11H,12H2,(H,23,26)(H,24,25,27). The highest BCUT2D eigenvalue weighted by Crippen LogP contribution is 2.27. The Morgan fingerprint density at radius 1 is 0.852 bits per heavy atom. The second-order valence-electron chi connectivity index (χ2n) is 5.91. The van der Waals surface area contributed by atoms with Gasteiger partial charge in [0.15, 0.2) is 0 Å². The zero-order valence-electron chi connectivity index (χ0n) is 14.2. The number of pyridine rings is 1. The van der Waals surface area contributed by atoms with E-state index in [0.717, 1.165) is 27.8 Å². The Bertz CT molecular complexity index is 1080. The van der Waals surface area contributed by atoms with E-state index in [1.54, 1.807) is 18.5 Å². The van der Waals surface area contributed by atoms with Crippen LogP contribution in [0.15, 0.2) is 67.0 Å². The molecule has 2 heterocycles. The van der Waals surface area contributed by atoms with Gasteiger partial charge in [-0.1, -0.05) is 23.7 Å². The van der Waals surface area contributed by atoms with Crippen LogP contribution in [0.5, 0.6) is 0 Å². The molecule has 27 heavy (non-hydrogen) atoms. The minimum absolute atomic E-state index is 0.227. The maximum Gasteiger partial charge on any atom is 0.224 e. The van der Waals surface area contributed by atoms with Crippen LogP contribution in [-0.4, -0.2) is 15.0 Å². The van der Waals surface area contributed by atoms with Crippen LogP contribution in [0.4, 0.5) is 17.2 Å². The molecule has 0 spiro atoms. The summed E-state index contributed by atoms with van der Waals surface area (Å²) in [5.74, 6) is 0.694. The quantitative estimate of drug-likeness (QED) is 0.425. The van der Waals surface area contributed by atoms with Crippen LogP contribution in [0.1, 0.15) is 5.56 Å². The molecule has 0 bridgehead atoms. The number of fused-ring (bicyclic) bond motifs is 1. The molecule has 0 saturated heterocycles. The molecule has 0 aliphatic heterocycles. The first-order chi connectivity index (χ1) is 13.2. The van der Waals surface area contributed by atoms with Gasteiger partial charge in [-0.15, -0.1) is 0 Å². The molecule has 0 aliphatic rings. The van der Waals surface area contributed by atoms with Crippen LogP contribution in [0, 0.1) is 0 Å². The van der Waals surface area contributed by atoms with Crippen molar-refractivity contribution in [2.24, 2.45) is 0 Å². The third-order valence-corrected chi connectivity index (χ3v) is 4.45. The lowest BCUT2D eigenvalue weighted by atomic mass is 10.1. The molecular formula is C20H15Cl2N5. The van der Waals surface area contributed by atoms with Gasteiger partial charge >= 0.3 is 0 Å². The highest BCUT2D eigenvalue weighted by Gasteiger charge is 2.04. The molecule has 0 aliphatic carbocycles. The Morgan fingerprint density at radius 2 is 1.67 bits per heavy atom. The van der Waals surface area contributed by atoms with Crippen molar-refractivity contribution in [1.82, 2.24) is 15.0 Å². The summed E-state index contributed by atoms with van der Waals surface area (Å²) in [6.07, 6.45) is 3.39. The molecule has 2 N–H and O–H groups in total. The maximum atomic E-state index is 6.05. The molecule has 0 unspecified atom stereocenters. The van der Waals surface area contributed by atoms with E-state index in [9.17, 15) is 0 Å². The van der Waals surface area contributed by atoms with Crippen molar-refractivity contribution in [3.8, 4) is 0 Å².